The average molecular weight is 369 g/mol. The first-order valence-electron chi connectivity index (χ1n) is 6.24. The van der Waals surface area contributed by atoms with E-state index < -0.39 is 19.8 Å². The van der Waals surface area contributed by atoms with Gasteiger partial charge in [0.15, 0.2) is 0 Å². The van der Waals surface area contributed by atoms with Crippen molar-refractivity contribution in [2.75, 3.05) is 5.33 Å². The molecule has 0 aromatic heterocycles. The Morgan fingerprint density at radius 1 is 0.786 bits per heavy atom. The number of halogens is 1. The monoisotopic (exact) mass is 369 g/mol. The van der Waals surface area contributed by atoms with Crippen molar-refractivity contribution in [1.82, 2.24) is 0 Å². The summed E-state index contributed by atoms with van der Waals surface area (Å²) >= 11 is 2.65. The normalized spacial score (nSPS) is 11.1. The molecule has 0 nitrogen and oxygen atoms in total. The third-order valence-corrected chi connectivity index (χ3v) is 12.3. The molecule has 0 atom stereocenters. The maximum atomic E-state index is 3.53. The van der Waals surface area contributed by atoms with Crippen LogP contribution in [0.15, 0.2) is 0 Å². The molecule has 0 aliphatic heterocycles. The van der Waals surface area contributed by atoms with Gasteiger partial charge in [-0.1, -0.05) is 0 Å². The van der Waals surface area contributed by atoms with Gasteiger partial charge in [-0.3, -0.25) is 0 Å². The molecule has 0 saturated heterocycles. The fraction of sp³-hybridized carbons (Fsp3) is 1.00. The molecule has 0 aromatic carbocycles. The van der Waals surface area contributed by atoms with Crippen molar-refractivity contribution in [2.24, 2.45) is 0 Å². The van der Waals surface area contributed by atoms with Crippen LogP contribution in [-0.4, -0.2) is 25.1 Å². The number of rotatable bonds is 10. The Hall–Kier alpha value is 1.28. The predicted molar refractivity (Wildman–Crippen MR) is 73.0 cm³/mol. The SMILES string of the molecule is CCC[CH2][Sn]([CH2]CCC)[CH2]CCCBr. The Labute approximate surface area is 106 Å². The van der Waals surface area contributed by atoms with Crippen LogP contribution in [0.4, 0.5) is 0 Å². The summed E-state index contributed by atoms with van der Waals surface area (Å²) < 4.78 is 5.00. The van der Waals surface area contributed by atoms with Gasteiger partial charge in [0.25, 0.3) is 0 Å². The van der Waals surface area contributed by atoms with Gasteiger partial charge in [-0.25, -0.2) is 0 Å². The van der Waals surface area contributed by atoms with Crippen LogP contribution in [0, 0.1) is 0 Å². The molecular formula is C12H26BrSn. The van der Waals surface area contributed by atoms with Crippen LogP contribution in [0.5, 0.6) is 0 Å². The van der Waals surface area contributed by atoms with Gasteiger partial charge in [0.2, 0.25) is 0 Å². The molecule has 0 heterocycles. The second-order valence-electron chi connectivity index (χ2n) is 4.10. The van der Waals surface area contributed by atoms with E-state index in [2.05, 4.69) is 29.8 Å². The molecule has 0 bridgehead atoms. The van der Waals surface area contributed by atoms with E-state index in [9.17, 15) is 0 Å². The second kappa shape index (κ2) is 12.3. The summed E-state index contributed by atoms with van der Waals surface area (Å²) in [4.78, 5) is 0. The first-order chi connectivity index (χ1) is 6.85. The number of unbranched alkanes of at least 4 members (excludes halogenated alkanes) is 3. The Morgan fingerprint density at radius 2 is 1.29 bits per heavy atom. The van der Waals surface area contributed by atoms with Gasteiger partial charge >= 0.3 is 107 Å². The van der Waals surface area contributed by atoms with Crippen LogP contribution >= 0.6 is 15.9 Å². The standard InChI is InChI=1S/C4H8Br.2C4H9.Sn/c1-2-3-4-5;2*1-3-4-2;/h1-4H2;2*1,3-4H2,2H3;. The van der Waals surface area contributed by atoms with Crippen LogP contribution in [0.1, 0.15) is 52.4 Å². The van der Waals surface area contributed by atoms with Crippen molar-refractivity contribution in [2.45, 2.75) is 65.7 Å². The summed E-state index contributed by atoms with van der Waals surface area (Å²) in [5.41, 5.74) is 0. The van der Waals surface area contributed by atoms with Gasteiger partial charge in [0, 0.05) is 0 Å². The average Bonchev–Trinajstić information content (AvgIpc) is 2.21. The molecule has 0 fully saturated rings. The molecule has 0 amide bonds. The van der Waals surface area contributed by atoms with Gasteiger partial charge in [-0.2, -0.15) is 0 Å². The summed E-state index contributed by atoms with van der Waals surface area (Å²) in [7, 11) is 0. The van der Waals surface area contributed by atoms with E-state index in [0.717, 1.165) is 0 Å². The Bertz CT molecular complexity index is 98.5. The molecule has 0 N–H and O–H groups in total. The molecule has 0 spiro atoms. The molecule has 0 aromatic rings. The van der Waals surface area contributed by atoms with Crippen molar-refractivity contribution in [3.8, 4) is 0 Å². The van der Waals surface area contributed by atoms with Gasteiger partial charge in [-0.05, 0) is 0 Å². The molecule has 0 rings (SSSR count). The van der Waals surface area contributed by atoms with Crippen LogP contribution in [0.2, 0.25) is 13.3 Å². The van der Waals surface area contributed by atoms with Crippen LogP contribution in [-0.2, 0) is 0 Å². The van der Waals surface area contributed by atoms with Crippen LogP contribution < -0.4 is 0 Å². The van der Waals surface area contributed by atoms with E-state index >= 15 is 0 Å². The van der Waals surface area contributed by atoms with E-state index in [1.165, 1.54) is 43.9 Å². The van der Waals surface area contributed by atoms with Gasteiger partial charge in [0.05, 0.1) is 0 Å². The number of hydrogen-bond donors (Lipinski definition) is 0. The van der Waals surface area contributed by atoms with Crippen LogP contribution in [0.3, 0.4) is 0 Å². The van der Waals surface area contributed by atoms with Crippen molar-refractivity contribution in [3.05, 3.63) is 0 Å². The summed E-state index contributed by atoms with van der Waals surface area (Å²) in [6.07, 6.45) is 8.78. The Morgan fingerprint density at radius 3 is 1.71 bits per heavy atom. The minimum absolute atomic E-state index is 0.880. The third-order valence-electron chi connectivity index (χ3n) is 2.68. The summed E-state index contributed by atoms with van der Waals surface area (Å²) in [5, 5.41) is 1.21. The Balaban J connectivity index is 3.49. The Kier molecular flexibility index (Phi) is 13.5. The first kappa shape index (κ1) is 15.3. The maximum absolute atomic E-state index is 3.53. The topological polar surface area (TPSA) is 0 Å². The summed E-state index contributed by atoms with van der Waals surface area (Å²) in [6.45, 7) is 4.66. The zero-order chi connectivity index (χ0) is 10.6. The van der Waals surface area contributed by atoms with E-state index in [1.807, 2.05) is 0 Å². The van der Waals surface area contributed by atoms with Gasteiger partial charge in [-0.15, -0.1) is 0 Å². The third kappa shape index (κ3) is 9.82. The van der Waals surface area contributed by atoms with E-state index in [1.54, 1.807) is 13.3 Å². The zero-order valence-electron chi connectivity index (χ0n) is 9.95. The summed E-state index contributed by atoms with van der Waals surface area (Å²) in [5.74, 6) is 0. The van der Waals surface area contributed by atoms with Crippen LogP contribution in [0.25, 0.3) is 0 Å². The van der Waals surface area contributed by atoms with Crippen molar-refractivity contribution in [3.63, 3.8) is 0 Å². The van der Waals surface area contributed by atoms with Crippen molar-refractivity contribution >= 4 is 35.7 Å². The quantitative estimate of drug-likeness (QED) is 0.280. The first-order valence-corrected chi connectivity index (χ1v) is 13.4. The minimum atomic E-state index is -0.880. The fourth-order valence-electron chi connectivity index (χ4n) is 1.70. The summed E-state index contributed by atoms with van der Waals surface area (Å²) in [6, 6.07) is 0. The number of hydrogen-bond acceptors (Lipinski definition) is 0. The molecule has 0 saturated carbocycles. The second-order valence-corrected chi connectivity index (χ2v) is 13.5. The molecule has 0 aliphatic carbocycles. The zero-order valence-corrected chi connectivity index (χ0v) is 14.4. The van der Waals surface area contributed by atoms with E-state index in [0.29, 0.717) is 0 Å². The van der Waals surface area contributed by atoms with Gasteiger partial charge < -0.3 is 0 Å². The van der Waals surface area contributed by atoms with Crippen molar-refractivity contribution < 1.29 is 0 Å². The molecule has 1 radical (unpaired) electrons. The predicted octanol–water partition coefficient (Wildman–Crippen LogP) is 5.26. The molecule has 0 unspecified atom stereocenters. The molecule has 14 heavy (non-hydrogen) atoms. The van der Waals surface area contributed by atoms with E-state index in [4.69, 9.17) is 0 Å². The number of alkyl halides is 1. The molecule has 85 valence electrons. The van der Waals surface area contributed by atoms with Gasteiger partial charge in [0.1, 0.15) is 0 Å². The molecule has 0 aliphatic rings. The fourth-order valence-corrected chi connectivity index (χ4v) is 11.2. The van der Waals surface area contributed by atoms with Crippen molar-refractivity contribution in [1.29, 1.82) is 0 Å². The van der Waals surface area contributed by atoms with E-state index in [-0.39, 0.29) is 0 Å². The molecule has 2 heteroatoms. The molecular weight excluding hydrogens is 343 g/mol.